The maximum atomic E-state index is 13.5. The van der Waals surface area contributed by atoms with Gasteiger partial charge in [0.05, 0.1) is 7.11 Å². The fourth-order valence-electron chi connectivity index (χ4n) is 1.64. The molecule has 0 aliphatic carbocycles. The Bertz CT molecular complexity index is 523. The molecule has 0 aliphatic rings. The molecule has 2 rings (SSSR count). The number of aryl methyl sites for hydroxylation is 1. The van der Waals surface area contributed by atoms with Crippen molar-refractivity contribution < 1.29 is 9.13 Å². The van der Waals surface area contributed by atoms with Crippen LogP contribution in [0.4, 0.5) is 4.39 Å². The van der Waals surface area contributed by atoms with Crippen LogP contribution in [0.1, 0.15) is 12.5 Å². The normalized spacial score (nSPS) is 10.4. The molecule has 0 heterocycles. The molecule has 0 N–H and O–H groups in total. The maximum absolute atomic E-state index is 13.5. The summed E-state index contributed by atoms with van der Waals surface area (Å²) in [7, 11) is 1.47. The fourth-order valence-corrected chi connectivity index (χ4v) is 2.48. The number of benzene rings is 2. The molecule has 0 aliphatic heterocycles. The van der Waals surface area contributed by atoms with E-state index in [1.165, 1.54) is 18.7 Å². The second kappa shape index (κ2) is 5.91. The summed E-state index contributed by atoms with van der Waals surface area (Å²) >= 11 is 1.54. The molecule has 0 radical (unpaired) electrons. The predicted molar refractivity (Wildman–Crippen MR) is 72.9 cm³/mol. The van der Waals surface area contributed by atoms with Gasteiger partial charge in [0.1, 0.15) is 0 Å². The van der Waals surface area contributed by atoms with Gasteiger partial charge in [0.15, 0.2) is 11.6 Å². The van der Waals surface area contributed by atoms with Crippen molar-refractivity contribution in [2.75, 3.05) is 7.11 Å². The molecule has 2 aromatic carbocycles. The van der Waals surface area contributed by atoms with Gasteiger partial charge in [-0.05, 0) is 42.3 Å². The molecule has 0 amide bonds. The SMILES string of the molecule is CCc1ccc(Sc2ccc(OC)c(F)c2)cc1. The Morgan fingerprint density at radius 3 is 2.28 bits per heavy atom. The molecule has 0 saturated heterocycles. The number of hydrogen-bond donors (Lipinski definition) is 0. The van der Waals surface area contributed by atoms with Crippen LogP contribution in [0.2, 0.25) is 0 Å². The standard InChI is InChI=1S/C15H15FOS/c1-3-11-4-6-12(7-5-11)18-13-8-9-15(17-2)14(16)10-13/h4-10H,3H2,1-2H3. The lowest BCUT2D eigenvalue weighted by Gasteiger charge is -2.05. The van der Waals surface area contributed by atoms with E-state index in [-0.39, 0.29) is 11.6 Å². The summed E-state index contributed by atoms with van der Waals surface area (Å²) in [5, 5.41) is 0. The monoisotopic (exact) mass is 262 g/mol. The lowest BCUT2D eigenvalue weighted by molar-refractivity contribution is 0.385. The van der Waals surface area contributed by atoms with Crippen LogP contribution in [0.15, 0.2) is 52.3 Å². The van der Waals surface area contributed by atoms with E-state index in [4.69, 9.17) is 4.74 Å². The molecular formula is C15H15FOS. The Morgan fingerprint density at radius 1 is 1.06 bits per heavy atom. The first-order chi connectivity index (χ1) is 8.72. The average Bonchev–Trinajstić information content (AvgIpc) is 2.40. The fraction of sp³-hybridized carbons (Fsp3) is 0.200. The number of halogens is 1. The van der Waals surface area contributed by atoms with Crippen molar-refractivity contribution in [1.82, 2.24) is 0 Å². The molecular weight excluding hydrogens is 247 g/mol. The van der Waals surface area contributed by atoms with E-state index >= 15 is 0 Å². The molecule has 0 unspecified atom stereocenters. The van der Waals surface area contributed by atoms with Crippen LogP contribution in [0, 0.1) is 5.82 Å². The van der Waals surface area contributed by atoms with Crippen LogP contribution in [-0.4, -0.2) is 7.11 Å². The summed E-state index contributed by atoms with van der Waals surface area (Å²) in [5.74, 6) is -0.0478. The topological polar surface area (TPSA) is 9.23 Å². The van der Waals surface area contributed by atoms with E-state index in [2.05, 4.69) is 31.2 Å². The van der Waals surface area contributed by atoms with Gasteiger partial charge in [-0.1, -0.05) is 30.8 Å². The highest BCUT2D eigenvalue weighted by Gasteiger charge is 2.04. The zero-order valence-corrected chi connectivity index (χ0v) is 11.3. The van der Waals surface area contributed by atoms with Gasteiger partial charge in [-0.3, -0.25) is 0 Å². The zero-order valence-electron chi connectivity index (χ0n) is 10.4. The third-order valence-corrected chi connectivity index (χ3v) is 3.69. The Morgan fingerprint density at radius 2 is 1.72 bits per heavy atom. The zero-order chi connectivity index (χ0) is 13.0. The molecule has 0 aromatic heterocycles. The van der Waals surface area contributed by atoms with E-state index in [9.17, 15) is 4.39 Å². The van der Waals surface area contributed by atoms with Crippen molar-refractivity contribution in [3.8, 4) is 5.75 Å². The van der Waals surface area contributed by atoms with E-state index in [0.29, 0.717) is 0 Å². The molecule has 0 saturated carbocycles. The second-order valence-electron chi connectivity index (χ2n) is 3.90. The molecule has 0 fully saturated rings. The van der Waals surface area contributed by atoms with Gasteiger partial charge in [0, 0.05) is 9.79 Å². The summed E-state index contributed by atoms with van der Waals surface area (Å²) in [5.41, 5.74) is 1.31. The van der Waals surface area contributed by atoms with E-state index in [1.54, 1.807) is 17.8 Å². The van der Waals surface area contributed by atoms with E-state index in [1.807, 2.05) is 6.07 Å². The molecule has 3 heteroatoms. The van der Waals surface area contributed by atoms with Crippen molar-refractivity contribution in [3.05, 3.63) is 53.8 Å². The number of rotatable bonds is 4. The van der Waals surface area contributed by atoms with E-state index in [0.717, 1.165) is 16.2 Å². The van der Waals surface area contributed by atoms with Crippen LogP contribution in [-0.2, 0) is 6.42 Å². The van der Waals surface area contributed by atoms with Gasteiger partial charge in [-0.15, -0.1) is 0 Å². The van der Waals surface area contributed by atoms with Crippen LogP contribution in [0.25, 0.3) is 0 Å². The Hall–Kier alpha value is -1.48. The highest BCUT2D eigenvalue weighted by molar-refractivity contribution is 7.99. The highest BCUT2D eigenvalue weighted by Crippen LogP contribution is 2.30. The maximum Gasteiger partial charge on any atom is 0.166 e. The van der Waals surface area contributed by atoms with Crippen LogP contribution >= 0.6 is 11.8 Å². The summed E-state index contributed by atoms with van der Waals surface area (Å²) in [6.07, 6.45) is 1.03. The first kappa shape index (κ1) is 13.0. The number of methoxy groups -OCH3 is 1. The number of ether oxygens (including phenoxy) is 1. The summed E-state index contributed by atoms with van der Waals surface area (Å²) in [4.78, 5) is 1.98. The third kappa shape index (κ3) is 3.05. The molecule has 0 atom stereocenters. The van der Waals surface area contributed by atoms with Gasteiger partial charge >= 0.3 is 0 Å². The minimum atomic E-state index is -0.326. The molecule has 0 spiro atoms. The quantitative estimate of drug-likeness (QED) is 0.799. The predicted octanol–water partition coefficient (Wildman–Crippen LogP) is 4.55. The first-order valence-electron chi connectivity index (χ1n) is 5.83. The lowest BCUT2D eigenvalue weighted by atomic mass is 10.2. The highest BCUT2D eigenvalue weighted by atomic mass is 32.2. The Kier molecular flexibility index (Phi) is 4.26. The summed E-state index contributed by atoms with van der Waals surface area (Å²) < 4.78 is 18.4. The molecule has 2 aromatic rings. The molecule has 0 bridgehead atoms. The largest absolute Gasteiger partial charge is 0.494 e. The van der Waals surface area contributed by atoms with Crippen molar-refractivity contribution in [2.45, 2.75) is 23.1 Å². The van der Waals surface area contributed by atoms with Crippen molar-refractivity contribution >= 4 is 11.8 Å². The average molecular weight is 262 g/mol. The van der Waals surface area contributed by atoms with Crippen molar-refractivity contribution in [2.24, 2.45) is 0 Å². The molecule has 18 heavy (non-hydrogen) atoms. The van der Waals surface area contributed by atoms with E-state index < -0.39 is 0 Å². The van der Waals surface area contributed by atoms with Crippen molar-refractivity contribution in [1.29, 1.82) is 0 Å². The van der Waals surface area contributed by atoms with Crippen molar-refractivity contribution in [3.63, 3.8) is 0 Å². The third-order valence-electron chi connectivity index (χ3n) is 2.69. The minimum absolute atomic E-state index is 0.278. The van der Waals surface area contributed by atoms with Crippen LogP contribution < -0.4 is 4.74 Å². The van der Waals surface area contributed by atoms with Crippen LogP contribution in [0.3, 0.4) is 0 Å². The van der Waals surface area contributed by atoms with Gasteiger partial charge < -0.3 is 4.74 Å². The summed E-state index contributed by atoms with van der Waals surface area (Å²) in [6.45, 7) is 2.13. The summed E-state index contributed by atoms with van der Waals surface area (Å²) in [6, 6.07) is 13.3. The minimum Gasteiger partial charge on any atom is -0.494 e. The Labute approximate surface area is 111 Å². The number of hydrogen-bond acceptors (Lipinski definition) is 2. The van der Waals surface area contributed by atoms with Crippen LogP contribution in [0.5, 0.6) is 5.75 Å². The first-order valence-corrected chi connectivity index (χ1v) is 6.65. The smallest absolute Gasteiger partial charge is 0.166 e. The van der Waals surface area contributed by atoms with Gasteiger partial charge in [-0.25, -0.2) is 4.39 Å². The van der Waals surface area contributed by atoms with Gasteiger partial charge in [0.2, 0.25) is 0 Å². The van der Waals surface area contributed by atoms with Gasteiger partial charge in [0.25, 0.3) is 0 Å². The molecule has 1 nitrogen and oxygen atoms in total. The second-order valence-corrected chi connectivity index (χ2v) is 5.04. The Balaban J connectivity index is 2.15. The lowest BCUT2D eigenvalue weighted by Crippen LogP contribution is -1.87. The molecule has 94 valence electrons. The van der Waals surface area contributed by atoms with Gasteiger partial charge in [-0.2, -0.15) is 0 Å².